The maximum Gasteiger partial charge on any atom is 0.255 e. The molecule has 1 amide bonds. The number of fused-ring (bicyclic) bond motifs is 3. The van der Waals surface area contributed by atoms with E-state index in [0.29, 0.717) is 23.1 Å². The number of Topliss-reactive ketones (excluding diaryl/α,β-unsaturated/α-hetero) is 3. The highest BCUT2D eigenvalue weighted by Crippen LogP contribution is 2.53. The van der Waals surface area contributed by atoms with Gasteiger partial charge in [0, 0.05) is 23.5 Å². The lowest BCUT2D eigenvalue weighted by Gasteiger charge is -2.50. The number of aliphatic hydroxyl groups excluding tert-OH is 2. The SMILES string of the molecule is CN(C)CCCC(=O)c1ccc(-c2ccc(O)c3c2C[C@@H]2C[C@@H]4[C@H](N(C)C)C(=O)C(C(N)=O)=C(O)[C@@]4(O)C(=O)C2=C3O)cc1. The third-order valence-electron chi connectivity index (χ3n) is 9.13. The van der Waals surface area contributed by atoms with Crippen molar-refractivity contribution in [3.8, 4) is 16.9 Å². The number of nitrogens with two attached hydrogens (primary N) is 1. The fraction of sp³-hybridized carbons (Fsp3) is 0.394. The molecule has 3 aliphatic carbocycles. The summed E-state index contributed by atoms with van der Waals surface area (Å²) >= 11 is 0. The van der Waals surface area contributed by atoms with Gasteiger partial charge in [0.2, 0.25) is 5.78 Å². The van der Waals surface area contributed by atoms with E-state index in [1.54, 1.807) is 44.4 Å². The second kappa shape index (κ2) is 11.3. The van der Waals surface area contributed by atoms with Crippen molar-refractivity contribution in [2.24, 2.45) is 17.6 Å². The first-order chi connectivity index (χ1) is 20.7. The van der Waals surface area contributed by atoms with Crippen molar-refractivity contribution in [2.75, 3.05) is 34.7 Å². The number of rotatable bonds is 8. The van der Waals surface area contributed by atoms with E-state index in [1.165, 1.54) is 11.0 Å². The van der Waals surface area contributed by atoms with Crippen molar-refractivity contribution in [1.29, 1.82) is 0 Å². The van der Waals surface area contributed by atoms with Gasteiger partial charge in [-0.1, -0.05) is 30.3 Å². The van der Waals surface area contributed by atoms with Crippen LogP contribution in [0.4, 0.5) is 0 Å². The quantitative estimate of drug-likeness (QED) is 0.222. The molecule has 2 aromatic rings. The molecular formula is C33H37N3O8. The zero-order valence-electron chi connectivity index (χ0n) is 25.1. The van der Waals surface area contributed by atoms with E-state index in [-0.39, 0.29) is 35.5 Å². The van der Waals surface area contributed by atoms with E-state index >= 15 is 0 Å². The number of carbonyl (C=O) groups is 4. The molecule has 11 nitrogen and oxygen atoms in total. The molecule has 0 spiro atoms. The first-order valence-electron chi connectivity index (χ1n) is 14.5. The molecule has 0 aliphatic heterocycles. The molecular weight excluding hydrogens is 566 g/mol. The molecule has 0 unspecified atom stereocenters. The van der Waals surface area contributed by atoms with Crippen LogP contribution in [-0.2, 0) is 20.8 Å². The van der Waals surface area contributed by atoms with Gasteiger partial charge in [-0.2, -0.15) is 0 Å². The van der Waals surface area contributed by atoms with E-state index in [1.807, 2.05) is 19.0 Å². The van der Waals surface area contributed by atoms with Crippen LogP contribution in [0, 0.1) is 11.8 Å². The van der Waals surface area contributed by atoms with Gasteiger partial charge in [0.25, 0.3) is 5.91 Å². The summed E-state index contributed by atoms with van der Waals surface area (Å²) in [5.41, 5.74) is 4.18. The number of likely N-dealkylation sites (N-methyl/N-ethyl adjacent to an activating group) is 1. The number of benzene rings is 2. The Hall–Kier alpha value is -4.32. The Labute approximate surface area is 254 Å². The number of nitrogens with zero attached hydrogens (tertiary/aromatic N) is 2. The Morgan fingerprint density at radius 1 is 1.00 bits per heavy atom. The van der Waals surface area contributed by atoms with Crippen molar-refractivity contribution in [3.63, 3.8) is 0 Å². The lowest BCUT2D eigenvalue weighted by atomic mass is 9.57. The Morgan fingerprint density at radius 2 is 1.66 bits per heavy atom. The topological polar surface area (TPSA) is 182 Å². The lowest BCUT2D eigenvalue weighted by molar-refractivity contribution is -0.153. The van der Waals surface area contributed by atoms with Gasteiger partial charge in [-0.3, -0.25) is 24.1 Å². The Bertz CT molecular complexity index is 1640. The number of carbonyl (C=O) groups excluding carboxylic acids is 4. The molecule has 44 heavy (non-hydrogen) atoms. The number of primary amides is 1. The molecule has 1 fully saturated rings. The van der Waals surface area contributed by atoms with Gasteiger partial charge in [-0.15, -0.1) is 0 Å². The summed E-state index contributed by atoms with van der Waals surface area (Å²) in [4.78, 5) is 55.6. The number of amides is 1. The first kappa shape index (κ1) is 31.1. The van der Waals surface area contributed by atoms with Crippen LogP contribution in [-0.4, -0.2) is 99.9 Å². The number of aliphatic hydroxyl groups is 3. The minimum atomic E-state index is -2.69. The Morgan fingerprint density at radius 3 is 2.25 bits per heavy atom. The number of hydrogen-bond donors (Lipinski definition) is 5. The van der Waals surface area contributed by atoms with Crippen molar-refractivity contribution >= 4 is 29.0 Å². The first-order valence-corrected chi connectivity index (χ1v) is 14.5. The van der Waals surface area contributed by atoms with Gasteiger partial charge in [-0.05, 0) is 82.7 Å². The van der Waals surface area contributed by atoms with Crippen molar-refractivity contribution < 1.29 is 39.6 Å². The van der Waals surface area contributed by atoms with Gasteiger partial charge >= 0.3 is 0 Å². The zero-order valence-corrected chi connectivity index (χ0v) is 25.1. The standard InChI is InChI=1S/C33H37N3O8/c1-35(2)13-5-6-22(37)17-9-7-16(8-10-17)19-11-12-23(38)25-20(19)14-18-15-21-27(36(3)4)29(40)26(32(34)43)31(42)33(21,44)30(41)24(18)28(25)39/h7-12,18,21,27,38-39,42,44H,5-6,13-15H2,1-4H3,(H2,34,43)/t18-,21-,27+,33+/m1/s1. The van der Waals surface area contributed by atoms with Crippen LogP contribution in [0.1, 0.15) is 40.7 Å². The van der Waals surface area contributed by atoms with Crippen molar-refractivity contribution in [1.82, 2.24) is 9.80 Å². The van der Waals surface area contributed by atoms with Crippen LogP contribution in [0.25, 0.3) is 16.9 Å². The largest absolute Gasteiger partial charge is 0.508 e. The fourth-order valence-corrected chi connectivity index (χ4v) is 7.05. The van der Waals surface area contributed by atoms with Crippen LogP contribution in [0.2, 0.25) is 0 Å². The fourth-order valence-electron chi connectivity index (χ4n) is 7.05. The summed E-state index contributed by atoms with van der Waals surface area (Å²) in [5.74, 6) is -6.91. The number of phenols is 1. The van der Waals surface area contributed by atoms with Gasteiger partial charge in [0.15, 0.2) is 17.2 Å². The Balaban J connectivity index is 1.58. The molecule has 0 saturated heterocycles. The Kier molecular flexibility index (Phi) is 8.00. The zero-order chi connectivity index (χ0) is 32.2. The highest BCUT2D eigenvalue weighted by Gasteiger charge is 2.64. The lowest BCUT2D eigenvalue weighted by Crippen LogP contribution is -2.65. The van der Waals surface area contributed by atoms with Crippen molar-refractivity contribution in [2.45, 2.75) is 37.3 Å². The summed E-state index contributed by atoms with van der Waals surface area (Å²) in [6.07, 6.45) is 1.32. The van der Waals surface area contributed by atoms with Crippen LogP contribution >= 0.6 is 0 Å². The summed E-state index contributed by atoms with van der Waals surface area (Å²) < 4.78 is 0. The minimum absolute atomic E-state index is 0.00124. The highest BCUT2D eigenvalue weighted by atomic mass is 16.3. The molecule has 2 aromatic carbocycles. The third-order valence-corrected chi connectivity index (χ3v) is 9.13. The predicted octanol–water partition coefficient (Wildman–Crippen LogP) is 2.16. The van der Waals surface area contributed by atoms with E-state index in [2.05, 4.69) is 0 Å². The number of hydrogen-bond acceptors (Lipinski definition) is 10. The third kappa shape index (κ3) is 4.81. The minimum Gasteiger partial charge on any atom is -0.508 e. The maximum absolute atomic E-state index is 14.0. The molecule has 11 heteroatoms. The second-order valence-electron chi connectivity index (χ2n) is 12.4. The smallest absolute Gasteiger partial charge is 0.255 e. The van der Waals surface area contributed by atoms with E-state index in [0.717, 1.165) is 18.5 Å². The van der Waals surface area contributed by atoms with Gasteiger partial charge in [0.05, 0.1) is 11.6 Å². The van der Waals surface area contributed by atoms with Crippen LogP contribution in [0.3, 0.4) is 0 Å². The molecule has 3 aliphatic rings. The number of phenolic OH excluding ortho intramolecular Hbond substituents is 1. The van der Waals surface area contributed by atoms with Crippen LogP contribution in [0.5, 0.6) is 5.75 Å². The molecule has 1 saturated carbocycles. The van der Waals surface area contributed by atoms with Gasteiger partial charge < -0.3 is 31.1 Å². The highest BCUT2D eigenvalue weighted by molar-refractivity contribution is 6.24. The number of aromatic hydroxyl groups is 1. The van der Waals surface area contributed by atoms with E-state index in [9.17, 15) is 39.6 Å². The van der Waals surface area contributed by atoms with E-state index in [4.69, 9.17) is 5.73 Å². The van der Waals surface area contributed by atoms with Gasteiger partial charge in [0.1, 0.15) is 22.8 Å². The van der Waals surface area contributed by atoms with Gasteiger partial charge in [-0.25, -0.2) is 0 Å². The molecule has 6 N–H and O–H groups in total. The molecule has 4 atom stereocenters. The average molecular weight is 604 g/mol. The summed E-state index contributed by atoms with van der Waals surface area (Å²) in [5, 5.41) is 45.1. The summed E-state index contributed by atoms with van der Waals surface area (Å²) in [6, 6.07) is 9.00. The molecule has 0 bridgehead atoms. The predicted molar refractivity (Wildman–Crippen MR) is 162 cm³/mol. The number of ketones is 3. The summed E-state index contributed by atoms with van der Waals surface area (Å²) in [7, 11) is 7.01. The second-order valence-corrected chi connectivity index (χ2v) is 12.4. The maximum atomic E-state index is 14.0. The normalized spacial score (nSPS) is 24.8. The average Bonchev–Trinajstić information content (AvgIpc) is 2.94. The molecule has 0 aromatic heterocycles. The van der Waals surface area contributed by atoms with Crippen LogP contribution < -0.4 is 5.73 Å². The van der Waals surface area contributed by atoms with Crippen LogP contribution in [0.15, 0.2) is 53.3 Å². The molecule has 0 heterocycles. The van der Waals surface area contributed by atoms with Crippen molar-refractivity contribution in [3.05, 3.63) is 70.0 Å². The monoisotopic (exact) mass is 603 g/mol. The molecule has 5 rings (SSSR count). The summed E-state index contributed by atoms with van der Waals surface area (Å²) in [6.45, 7) is 0.802. The molecule has 232 valence electrons. The molecule has 0 radical (unpaired) electrons. The van der Waals surface area contributed by atoms with E-state index < -0.39 is 58.0 Å².